The number of halogens is 2. The van der Waals surface area contributed by atoms with Crippen LogP contribution in [-0.4, -0.2) is 27.0 Å². The van der Waals surface area contributed by atoms with Crippen LogP contribution in [0.1, 0.15) is 32.4 Å². The van der Waals surface area contributed by atoms with Gasteiger partial charge in [0, 0.05) is 15.8 Å². The number of thiophene rings is 1. The predicted molar refractivity (Wildman–Crippen MR) is 146 cm³/mol. The molecule has 2 aromatic carbocycles. The van der Waals surface area contributed by atoms with E-state index in [1.165, 1.54) is 39.3 Å². The van der Waals surface area contributed by atoms with E-state index in [9.17, 15) is 14.7 Å². The van der Waals surface area contributed by atoms with Gasteiger partial charge in [0.2, 0.25) is 10.9 Å². The lowest BCUT2D eigenvalue weighted by atomic mass is 9.95. The molecule has 0 saturated heterocycles. The number of nitrogens with zero attached hydrogens (tertiary/aromatic N) is 3. The van der Waals surface area contributed by atoms with E-state index in [-0.39, 0.29) is 16.5 Å². The highest BCUT2D eigenvalue weighted by molar-refractivity contribution is 8.00. The van der Waals surface area contributed by atoms with Gasteiger partial charge in [0.05, 0.1) is 16.5 Å². The number of Topliss-reactive ketones (excluding diaryl/α,β-unsaturated/α-hetero) is 1. The van der Waals surface area contributed by atoms with E-state index in [4.69, 9.17) is 23.2 Å². The molecule has 1 unspecified atom stereocenters. The van der Waals surface area contributed by atoms with Crippen LogP contribution in [0.5, 0.6) is 0 Å². The second-order valence-electron chi connectivity index (χ2n) is 7.93. The molecule has 1 aliphatic rings. The van der Waals surface area contributed by atoms with Crippen molar-refractivity contribution in [3.8, 4) is 0 Å². The lowest BCUT2D eigenvalue weighted by Gasteiger charge is -2.24. The van der Waals surface area contributed by atoms with E-state index in [1.807, 2.05) is 37.3 Å². The number of amides is 1. The van der Waals surface area contributed by atoms with Crippen molar-refractivity contribution in [2.24, 2.45) is 0 Å². The van der Waals surface area contributed by atoms with Crippen molar-refractivity contribution < 1.29 is 14.7 Å². The molecule has 0 aliphatic carbocycles. The number of benzene rings is 2. The Morgan fingerprint density at radius 3 is 2.61 bits per heavy atom. The minimum Gasteiger partial charge on any atom is -0.503 e. The molecule has 0 fully saturated rings. The SMILES string of the molecule is Cc1ccc(C2C(C(=O)c3cccs3)=C(O)C(=O)N2c2nnc(SCc3ccc(Cl)cc3Cl)s2)cc1. The number of aliphatic hydroxyl groups excluding tert-OH is 1. The average molecular weight is 575 g/mol. The van der Waals surface area contributed by atoms with E-state index in [0.717, 1.165) is 11.1 Å². The third-order valence-electron chi connectivity index (χ3n) is 5.56. The Morgan fingerprint density at radius 1 is 1.14 bits per heavy atom. The average Bonchev–Trinajstić information content (AvgIpc) is 3.60. The summed E-state index contributed by atoms with van der Waals surface area (Å²) >= 11 is 16.1. The molecular weight excluding hydrogens is 557 g/mol. The zero-order chi connectivity index (χ0) is 25.4. The van der Waals surface area contributed by atoms with Gasteiger partial charge in [-0.1, -0.05) is 88.3 Å². The van der Waals surface area contributed by atoms with Gasteiger partial charge in [-0.05, 0) is 41.6 Å². The van der Waals surface area contributed by atoms with Gasteiger partial charge in [0.1, 0.15) is 0 Å². The maximum atomic E-state index is 13.4. The highest BCUT2D eigenvalue weighted by Crippen LogP contribution is 2.44. The first kappa shape index (κ1) is 25.0. The van der Waals surface area contributed by atoms with Gasteiger partial charge < -0.3 is 5.11 Å². The van der Waals surface area contributed by atoms with Crippen LogP contribution in [0.2, 0.25) is 10.0 Å². The summed E-state index contributed by atoms with van der Waals surface area (Å²) in [5.74, 6) is -1.11. The quantitative estimate of drug-likeness (QED) is 0.142. The summed E-state index contributed by atoms with van der Waals surface area (Å²) in [6.45, 7) is 1.95. The molecule has 3 heterocycles. The molecule has 0 saturated carbocycles. The molecule has 4 aromatic rings. The van der Waals surface area contributed by atoms with Crippen LogP contribution >= 0.6 is 57.6 Å². The maximum Gasteiger partial charge on any atom is 0.296 e. The molecule has 5 rings (SSSR count). The Balaban J connectivity index is 1.48. The zero-order valence-corrected chi connectivity index (χ0v) is 22.6. The fraction of sp³-hybridized carbons (Fsp3) is 0.120. The summed E-state index contributed by atoms with van der Waals surface area (Å²) in [6, 6.07) is 15.4. The van der Waals surface area contributed by atoms with Crippen molar-refractivity contribution in [3.63, 3.8) is 0 Å². The fourth-order valence-electron chi connectivity index (χ4n) is 3.78. The predicted octanol–water partition coefficient (Wildman–Crippen LogP) is 7.29. The number of aliphatic hydroxyl groups is 1. The molecule has 2 aromatic heterocycles. The highest BCUT2D eigenvalue weighted by Gasteiger charge is 2.46. The summed E-state index contributed by atoms with van der Waals surface area (Å²) in [4.78, 5) is 28.4. The number of carbonyl (C=O) groups excluding carboxylic acids is 2. The number of anilines is 1. The van der Waals surface area contributed by atoms with Gasteiger partial charge in [-0.2, -0.15) is 0 Å². The van der Waals surface area contributed by atoms with Crippen molar-refractivity contribution in [2.45, 2.75) is 23.1 Å². The standard InChI is InChI=1S/C25H17Cl2N3O3S3/c1-13-4-6-14(7-5-13)20-19(21(31)18-3-2-10-34-18)22(32)23(33)30(20)24-28-29-25(36-24)35-12-15-8-9-16(26)11-17(15)27/h2-11,20,32H,12H2,1H3. The minimum absolute atomic E-state index is 0.0312. The Bertz CT molecular complexity index is 1480. The Kier molecular flexibility index (Phi) is 7.18. The molecule has 0 spiro atoms. The van der Waals surface area contributed by atoms with Crippen molar-refractivity contribution in [3.05, 3.63) is 103 Å². The van der Waals surface area contributed by atoms with E-state index < -0.39 is 17.7 Å². The number of rotatable bonds is 7. The zero-order valence-electron chi connectivity index (χ0n) is 18.6. The van der Waals surface area contributed by atoms with Crippen LogP contribution in [0, 0.1) is 6.92 Å². The first-order valence-corrected chi connectivity index (χ1v) is 14.1. The molecule has 0 bridgehead atoms. The monoisotopic (exact) mass is 573 g/mol. The van der Waals surface area contributed by atoms with Crippen molar-refractivity contribution in [2.75, 3.05) is 4.90 Å². The number of aromatic nitrogens is 2. The number of aryl methyl sites for hydroxylation is 1. The third-order valence-corrected chi connectivity index (χ3v) is 9.12. The first-order valence-electron chi connectivity index (χ1n) is 10.6. The Labute approximate surface area is 229 Å². The van der Waals surface area contributed by atoms with Gasteiger partial charge in [-0.15, -0.1) is 21.5 Å². The fourth-order valence-corrected chi connectivity index (χ4v) is 6.88. The number of ketones is 1. The van der Waals surface area contributed by atoms with Crippen LogP contribution in [-0.2, 0) is 10.5 Å². The van der Waals surface area contributed by atoms with Crippen LogP contribution in [0.15, 0.2) is 75.6 Å². The molecule has 1 N–H and O–H groups in total. The molecular formula is C25H17Cl2N3O3S3. The molecule has 1 atom stereocenters. The molecule has 11 heteroatoms. The summed E-state index contributed by atoms with van der Waals surface area (Å²) in [6.07, 6.45) is 0. The van der Waals surface area contributed by atoms with E-state index in [1.54, 1.807) is 29.6 Å². The second kappa shape index (κ2) is 10.4. The summed E-state index contributed by atoms with van der Waals surface area (Å²) in [7, 11) is 0. The minimum atomic E-state index is -0.829. The van der Waals surface area contributed by atoms with Crippen LogP contribution < -0.4 is 4.90 Å². The number of hydrogen-bond acceptors (Lipinski definition) is 8. The summed E-state index contributed by atoms with van der Waals surface area (Å²) < 4.78 is 0.615. The first-order chi connectivity index (χ1) is 17.3. The lowest BCUT2D eigenvalue weighted by molar-refractivity contribution is -0.117. The third kappa shape index (κ3) is 4.81. The van der Waals surface area contributed by atoms with E-state index >= 15 is 0 Å². The molecule has 6 nitrogen and oxygen atoms in total. The van der Waals surface area contributed by atoms with Crippen LogP contribution in [0.4, 0.5) is 5.13 Å². The maximum absolute atomic E-state index is 13.4. The normalized spacial score (nSPS) is 15.7. The Hall–Kier alpha value is -2.69. The molecule has 1 amide bonds. The largest absolute Gasteiger partial charge is 0.503 e. The molecule has 1 aliphatic heterocycles. The Morgan fingerprint density at radius 2 is 1.92 bits per heavy atom. The van der Waals surface area contributed by atoms with Crippen LogP contribution in [0.3, 0.4) is 0 Å². The number of carbonyl (C=O) groups is 2. The molecule has 182 valence electrons. The molecule has 36 heavy (non-hydrogen) atoms. The number of thioether (sulfide) groups is 1. The topological polar surface area (TPSA) is 83.4 Å². The van der Waals surface area contributed by atoms with Gasteiger partial charge in [-0.25, -0.2) is 0 Å². The van der Waals surface area contributed by atoms with Gasteiger partial charge >= 0.3 is 0 Å². The number of hydrogen-bond donors (Lipinski definition) is 1. The van der Waals surface area contributed by atoms with E-state index in [2.05, 4.69) is 10.2 Å². The van der Waals surface area contributed by atoms with Crippen molar-refractivity contribution in [1.82, 2.24) is 10.2 Å². The van der Waals surface area contributed by atoms with Gasteiger partial charge in [-0.3, -0.25) is 14.5 Å². The van der Waals surface area contributed by atoms with Crippen molar-refractivity contribution >= 4 is 74.5 Å². The summed E-state index contributed by atoms with van der Waals surface area (Å²) in [5.41, 5.74) is 2.64. The van der Waals surface area contributed by atoms with Crippen molar-refractivity contribution in [1.29, 1.82) is 0 Å². The highest BCUT2D eigenvalue weighted by atomic mass is 35.5. The summed E-state index contributed by atoms with van der Waals surface area (Å²) in [5, 5.41) is 22.5. The van der Waals surface area contributed by atoms with Gasteiger partial charge in [0.25, 0.3) is 5.91 Å². The molecule has 0 radical (unpaired) electrons. The van der Waals surface area contributed by atoms with Crippen LogP contribution in [0.25, 0.3) is 0 Å². The smallest absolute Gasteiger partial charge is 0.296 e. The van der Waals surface area contributed by atoms with E-state index in [0.29, 0.717) is 30.6 Å². The second-order valence-corrected chi connectivity index (χ2v) is 11.9. The lowest BCUT2D eigenvalue weighted by Crippen LogP contribution is -2.31. The van der Waals surface area contributed by atoms with Gasteiger partial charge in [0.15, 0.2) is 10.1 Å².